The lowest BCUT2D eigenvalue weighted by atomic mass is 10.1. The lowest BCUT2D eigenvalue weighted by molar-refractivity contribution is 0.134. The number of amides is 1. The SMILES string of the molecule is O=C(O)N1CCC(Nc2nc(-c3ccc(F)cc3)c(-c3ccnc(NC4CC4)n3)s2)CC1. The Morgan fingerprint density at radius 3 is 2.44 bits per heavy atom. The van der Waals surface area contributed by atoms with Crippen LogP contribution in [0.5, 0.6) is 0 Å². The molecule has 8 nitrogen and oxygen atoms in total. The number of nitrogens with one attached hydrogen (secondary N) is 2. The van der Waals surface area contributed by atoms with Crippen molar-refractivity contribution in [3.63, 3.8) is 0 Å². The first-order valence-electron chi connectivity index (χ1n) is 10.7. The second kappa shape index (κ2) is 8.70. The fraction of sp³-hybridized carbons (Fsp3) is 0.364. The number of benzene rings is 1. The van der Waals surface area contributed by atoms with E-state index in [1.165, 1.54) is 28.4 Å². The molecule has 32 heavy (non-hydrogen) atoms. The highest BCUT2D eigenvalue weighted by Gasteiger charge is 2.25. The van der Waals surface area contributed by atoms with Gasteiger partial charge in [0.2, 0.25) is 5.95 Å². The van der Waals surface area contributed by atoms with Gasteiger partial charge in [-0.3, -0.25) is 0 Å². The van der Waals surface area contributed by atoms with Crippen LogP contribution in [0, 0.1) is 5.82 Å². The van der Waals surface area contributed by atoms with E-state index in [9.17, 15) is 9.18 Å². The number of nitrogens with zero attached hydrogens (tertiary/aromatic N) is 4. The molecule has 0 bridgehead atoms. The van der Waals surface area contributed by atoms with Crippen molar-refractivity contribution in [2.45, 2.75) is 37.8 Å². The standard InChI is InChI=1S/C22H23FN6O2S/c23-14-3-1-13(2-4-14)18-19(17-7-10-24-20(27-17)25-15-5-6-15)32-21(28-18)26-16-8-11-29(12-9-16)22(30)31/h1-4,7,10,15-16H,5-6,8-9,11-12H2,(H,26,28)(H,30,31)(H,24,25,27). The Bertz CT molecular complexity index is 1110. The summed E-state index contributed by atoms with van der Waals surface area (Å²) < 4.78 is 13.5. The first-order chi connectivity index (χ1) is 15.5. The van der Waals surface area contributed by atoms with Gasteiger partial charge in [0.15, 0.2) is 5.13 Å². The zero-order chi connectivity index (χ0) is 22.1. The van der Waals surface area contributed by atoms with Crippen molar-refractivity contribution in [2.24, 2.45) is 0 Å². The van der Waals surface area contributed by atoms with Crippen molar-refractivity contribution < 1.29 is 14.3 Å². The summed E-state index contributed by atoms with van der Waals surface area (Å²) in [4.78, 5) is 27.3. The van der Waals surface area contributed by atoms with E-state index in [-0.39, 0.29) is 11.9 Å². The summed E-state index contributed by atoms with van der Waals surface area (Å²) >= 11 is 1.49. The molecular formula is C22H23FN6O2S. The Hall–Kier alpha value is -3.27. The average Bonchev–Trinajstić information content (AvgIpc) is 3.51. The van der Waals surface area contributed by atoms with Gasteiger partial charge in [-0.05, 0) is 56.0 Å². The first kappa shape index (κ1) is 20.6. The lowest BCUT2D eigenvalue weighted by Gasteiger charge is -2.30. The van der Waals surface area contributed by atoms with Gasteiger partial charge in [-0.25, -0.2) is 24.1 Å². The van der Waals surface area contributed by atoms with E-state index in [1.807, 2.05) is 6.07 Å². The van der Waals surface area contributed by atoms with Gasteiger partial charge in [-0.15, -0.1) is 0 Å². The van der Waals surface area contributed by atoms with Crippen LogP contribution in [-0.2, 0) is 0 Å². The number of likely N-dealkylation sites (tertiary alicyclic amines) is 1. The van der Waals surface area contributed by atoms with Gasteiger partial charge in [0.25, 0.3) is 0 Å². The van der Waals surface area contributed by atoms with Gasteiger partial charge in [-0.2, -0.15) is 0 Å². The molecule has 5 rings (SSSR count). The predicted octanol–water partition coefficient (Wildman–Crippen LogP) is 4.53. The molecule has 0 spiro atoms. The van der Waals surface area contributed by atoms with Crippen LogP contribution < -0.4 is 10.6 Å². The van der Waals surface area contributed by atoms with Crippen molar-refractivity contribution >= 4 is 28.5 Å². The number of halogens is 1. The smallest absolute Gasteiger partial charge is 0.407 e. The maximum absolute atomic E-state index is 13.5. The topological polar surface area (TPSA) is 103 Å². The third kappa shape index (κ3) is 4.64. The van der Waals surface area contributed by atoms with Gasteiger partial charge in [0.1, 0.15) is 5.82 Å². The molecule has 1 aliphatic carbocycles. The van der Waals surface area contributed by atoms with E-state index in [0.717, 1.165) is 52.6 Å². The van der Waals surface area contributed by atoms with Gasteiger partial charge in [-0.1, -0.05) is 11.3 Å². The Morgan fingerprint density at radius 1 is 1.03 bits per heavy atom. The molecule has 1 amide bonds. The number of thiazole rings is 1. The number of hydrogen-bond donors (Lipinski definition) is 3. The molecule has 2 aliphatic rings. The number of carboxylic acid groups (broad SMARTS) is 1. The van der Waals surface area contributed by atoms with Crippen molar-refractivity contribution in [3.8, 4) is 21.8 Å². The van der Waals surface area contributed by atoms with E-state index in [1.54, 1.807) is 18.3 Å². The summed E-state index contributed by atoms with van der Waals surface area (Å²) in [5.41, 5.74) is 2.30. The number of aromatic nitrogens is 3. The molecule has 2 aromatic heterocycles. The Morgan fingerprint density at radius 2 is 1.75 bits per heavy atom. The van der Waals surface area contributed by atoms with Crippen LogP contribution in [0.2, 0.25) is 0 Å². The molecule has 10 heteroatoms. The number of carbonyl (C=O) groups is 1. The summed E-state index contributed by atoms with van der Waals surface area (Å²) in [5, 5.41) is 16.7. The third-order valence-corrected chi connectivity index (χ3v) is 6.65. The summed E-state index contributed by atoms with van der Waals surface area (Å²) in [6.45, 7) is 0.996. The summed E-state index contributed by atoms with van der Waals surface area (Å²) in [7, 11) is 0. The molecule has 1 aromatic carbocycles. The van der Waals surface area contributed by atoms with E-state index in [4.69, 9.17) is 15.1 Å². The summed E-state index contributed by atoms with van der Waals surface area (Å²) in [5.74, 6) is 0.297. The highest BCUT2D eigenvalue weighted by atomic mass is 32.1. The maximum atomic E-state index is 13.5. The molecule has 1 saturated heterocycles. The van der Waals surface area contributed by atoms with Crippen LogP contribution in [0.1, 0.15) is 25.7 Å². The largest absolute Gasteiger partial charge is 0.465 e. The third-order valence-electron chi connectivity index (χ3n) is 5.64. The quantitative estimate of drug-likeness (QED) is 0.503. The zero-order valence-electron chi connectivity index (χ0n) is 17.3. The molecule has 1 saturated carbocycles. The predicted molar refractivity (Wildman–Crippen MR) is 121 cm³/mol. The maximum Gasteiger partial charge on any atom is 0.407 e. The molecule has 3 aromatic rings. The molecule has 3 heterocycles. The Balaban J connectivity index is 1.43. The molecular weight excluding hydrogens is 431 g/mol. The van der Waals surface area contributed by atoms with Gasteiger partial charge < -0.3 is 20.6 Å². The number of hydrogen-bond acceptors (Lipinski definition) is 7. The molecule has 2 fully saturated rings. The zero-order valence-corrected chi connectivity index (χ0v) is 18.1. The normalized spacial score (nSPS) is 16.7. The van der Waals surface area contributed by atoms with Gasteiger partial charge in [0, 0.05) is 36.9 Å². The fourth-order valence-electron chi connectivity index (χ4n) is 3.71. The molecule has 3 N–H and O–H groups in total. The number of rotatable bonds is 6. The van der Waals surface area contributed by atoms with Crippen molar-refractivity contribution in [1.29, 1.82) is 0 Å². The molecule has 0 atom stereocenters. The van der Waals surface area contributed by atoms with E-state index < -0.39 is 6.09 Å². The second-order valence-corrected chi connectivity index (χ2v) is 9.08. The molecule has 0 unspecified atom stereocenters. The highest BCUT2D eigenvalue weighted by molar-refractivity contribution is 7.19. The van der Waals surface area contributed by atoms with Crippen LogP contribution in [0.15, 0.2) is 36.5 Å². The molecule has 1 aliphatic heterocycles. The number of piperidine rings is 1. The minimum Gasteiger partial charge on any atom is -0.465 e. The first-order valence-corrected chi connectivity index (χ1v) is 11.5. The molecule has 0 radical (unpaired) electrons. The van der Waals surface area contributed by atoms with Crippen molar-refractivity contribution in [2.75, 3.05) is 23.7 Å². The average molecular weight is 455 g/mol. The van der Waals surface area contributed by atoms with E-state index in [2.05, 4.69) is 15.6 Å². The van der Waals surface area contributed by atoms with Gasteiger partial charge >= 0.3 is 6.09 Å². The summed E-state index contributed by atoms with van der Waals surface area (Å²) in [6, 6.07) is 8.72. The summed E-state index contributed by atoms with van der Waals surface area (Å²) in [6.07, 6.45) is 4.55. The van der Waals surface area contributed by atoms with Crippen LogP contribution in [0.4, 0.5) is 20.3 Å². The minimum absolute atomic E-state index is 0.142. The monoisotopic (exact) mass is 454 g/mol. The Labute approximate surface area is 188 Å². The van der Waals surface area contributed by atoms with E-state index in [0.29, 0.717) is 25.1 Å². The van der Waals surface area contributed by atoms with Crippen molar-refractivity contribution in [3.05, 3.63) is 42.3 Å². The highest BCUT2D eigenvalue weighted by Crippen LogP contribution is 2.39. The van der Waals surface area contributed by atoms with Crippen molar-refractivity contribution in [1.82, 2.24) is 19.9 Å². The van der Waals surface area contributed by atoms with Crippen LogP contribution in [0.3, 0.4) is 0 Å². The minimum atomic E-state index is -0.877. The van der Waals surface area contributed by atoms with Gasteiger partial charge in [0.05, 0.1) is 16.3 Å². The van der Waals surface area contributed by atoms with E-state index >= 15 is 0 Å². The number of anilines is 2. The van der Waals surface area contributed by atoms with Crippen LogP contribution >= 0.6 is 11.3 Å². The van der Waals surface area contributed by atoms with Crippen LogP contribution in [-0.4, -0.2) is 56.2 Å². The molecule has 166 valence electrons. The lowest BCUT2D eigenvalue weighted by Crippen LogP contribution is -2.41. The Kier molecular flexibility index (Phi) is 5.60. The second-order valence-electron chi connectivity index (χ2n) is 8.08. The van der Waals surface area contributed by atoms with Crippen LogP contribution in [0.25, 0.3) is 21.8 Å². The fourth-order valence-corrected chi connectivity index (χ4v) is 4.75.